The van der Waals surface area contributed by atoms with Gasteiger partial charge in [-0.2, -0.15) is 0 Å². The number of carbonyl (C=O) groups excluding carboxylic acids is 1. The van der Waals surface area contributed by atoms with Gasteiger partial charge in [-0.05, 0) is 37.0 Å². The molecule has 2 atom stereocenters. The van der Waals surface area contributed by atoms with Gasteiger partial charge in [-0.3, -0.25) is 9.59 Å². The summed E-state index contributed by atoms with van der Waals surface area (Å²) in [7, 11) is 0. The first-order valence-electron chi connectivity index (χ1n) is 7.90. The second-order valence-electron chi connectivity index (χ2n) is 7.25. The minimum Gasteiger partial charge on any atom is -0.481 e. The van der Waals surface area contributed by atoms with Crippen LogP contribution in [0.2, 0.25) is 0 Å². The third-order valence-corrected chi connectivity index (χ3v) is 4.82. The summed E-state index contributed by atoms with van der Waals surface area (Å²) < 4.78 is 0. The van der Waals surface area contributed by atoms with E-state index in [1.165, 1.54) is 25.7 Å². The molecule has 2 rings (SSSR count). The number of carboxylic acid groups (broad SMARTS) is 1. The second kappa shape index (κ2) is 6.15. The average molecular weight is 281 g/mol. The van der Waals surface area contributed by atoms with Gasteiger partial charge in [0.2, 0.25) is 5.91 Å². The molecule has 0 aromatic carbocycles. The highest BCUT2D eigenvalue weighted by Gasteiger charge is 2.37. The molecular weight excluding hydrogens is 254 g/mol. The molecule has 0 unspecified atom stereocenters. The molecule has 4 nitrogen and oxygen atoms in total. The predicted octanol–water partition coefficient (Wildman–Crippen LogP) is 3.06. The number of amides is 1. The van der Waals surface area contributed by atoms with Crippen molar-refractivity contribution in [3.05, 3.63) is 0 Å². The van der Waals surface area contributed by atoms with Crippen molar-refractivity contribution in [2.45, 2.75) is 71.3 Å². The van der Waals surface area contributed by atoms with E-state index in [0.717, 1.165) is 19.4 Å². The van der Waals surface area contributed by atoms with E-state index >= 15 is 0 Å². The number of hydrogen-bond acceptors (Lipinski definition) is 2. The van der Waals surface area contributed by atoms with Crippen LogP contribution in [0, 0.1) is 11.3 Å². The minimum absolute atomic E-state index is 0.0562. The number of likely N-dealkylation sites (tertiary alicyclic amines) is 1. The predicted molar refractivity (Wildman–Crippen MR) is 77.3 cm³/mol. The third-order valence-electron chi connectivity index (χ3n) is 4.82. The van der Waals surface area contributed by atoms with Crippen LogP contribution in [-0.2, 0) is 9.59 Å². The number of nitrogens with zero attached hydrogens (tertiary/aromatic N) is 1. The Kier molecular flexibility index (Phi) is 4.71. The molecule has 0 aromatic heterocycles. The van der Waals surface area contributed by atoms with Gasteiger partial charge in [0.1, 0.15) is 0 Å². The zero-order valence-electron chi connectivity index (χ0n) is 12.7. The highest BCUT2D eigenvalue weighted by atomic mass is 16.4. The molecular formula is C16H27NO3. The van der Waals surface area contributed by atoms with Crippen LogP contribution in [0.3, 0.4) is 0 Å². The van der Waals surface area contributed by atoms with Crippen molar-refractivity contribution in [2.75, 3.05) is 6.54 Å². The van der Waals surface area contributed by atoms with E-state index in [2.05, 4.69) is 4.90 Å². The van der Waals surface area contributed by atoms with Crippen molar-refractivity contribution in [1.29, 1.82) is 0 Å². The average Bonchev–Trinajstić information content (AvgIpc) is 2.35. The lowest BCUT2D eigenvalue weighted by Gasteiger charge is -2.45. The SMILES string of the molecule is CC(C)(CC(=O)O)CC(=O)N1CCC[C@H]2CCCC[C@H]21. The molecule has 1 saturated carbocycles. The molecule has 1 saturated heterocycles. The second-order valence-corrected chi connectivity index (χ2v) is 7.25. The van der Waals surface area contributed by atoms with E-state index in [9.17, 15) is 9.59 Å². The lowest BCUT2D eigenvalue weighted by atomic mass is 9.77. The van der Waals surface area contributed by atoms with E-state index < -0.39 is 11.4 Å². The van der Waals surface area contributed by atoms with Crippen LogP contribution in [0.4, 0.5) is 0 Å². The Hall–Kier alpha value is -1.06. The molecule has 0 spiro atoms. The Morgan fingerprint density at radius 1 is 1.10 bits per heavy atom. The quantitative estimate of drug-likeness (QED) is 0.861. The molecule has 2 fully saturated rings. The summed E-state index contributed by atoms with van der Waals surface area (Å²) in [6.45, 7) is 4.62. The van der Waals surface area contributed by atoms with Gasteiger partial charge in [-0.1, -0.05) is 26.7 Å². The van der Waals surface area contributed by atoms with E-state index in [1.54, 1.807) is 0 Å². The largest absolute Gasteiger partial charge is 0.481 e. The van der Waals surface area contributed by atoms with Gasteiger partial charge in [-0.25, -0.2) is 0 Å². The van der Waals surface area contributed by atoms with Crippen LogP contribution in [0.15, 0.2) is 0 Å². The van der Waals surface area contributed by atoms with Crippen LogP contribution >= 0.6 is 0 Å². The summed E-state index contributed by atoms with van der Waals surface area (Å²) in [4.78, 5) is 25.5. The Balaban J connectivity index is 1.98. The maximum atomic E-state index is 12.6. The van der Waals surface area contributed by atoms with Crippen molar-refractivity contribution < 1.29 is 14.7 Å². The molecule has 0 bridgehead atoms. The summed E-state index contributed by atoms with van der Waals surface area (Å²) in [5, 5.41) is 8.93. The van der Waals surface area contributed by atoms with Crippen LogP contribution in [0.1, 0.15) is 65.2 Å². The van der Waals surface area contributed by atoms with Crippen LogP contribution < -0.4 is 0 Å². The van der Waals surface area contributed by atoms with Crippen molar-refractivity contribution in [3.8, 4) is 0 Å². The molecule has 2 aliphatic rings. The molecule has 1 aliphatic heterocycles. The zero-order valence-corrected chi connectivity index (χ0v) is 12.7. The first kappa shape index (κ1) is 15.3. The fourth-order valence-corrected chi connectivity index (χ4v) is 3.92. The highest BCUT2D eigenvalue weighted by Crippen LogP contribution is 2.36. The van der Waals surface area contributed by atoms with Crippen molar-refractivity contribution in [2.24, 2.45) is 11.3 Å². The third kappa shape index (κ3) is 3.74. The molecule has 20 heavy (non-hydrogen) atoms. The van der Waals surface area contributed by atoms with E-state index in [1.807, 2.05) is 13.8 Å². The summed E-state index contributed by atoms with van der Waals surface area (Å²) in [6, 6.07) is 0.422. The first-order valence-corrected chi connectivity index (χ1v) is 7.90. The molecule has 1 aliphatic carbocycles. The number of aliphatic carboxylic acids is 1. The summed E-state index contributed by atoms with van der Waals surface area (Å²) in [5.41, 5.74) is -0.454. The molecule has 114 valence electrons. The normalized spacial score (nSPS) is 27.0. The standard InChI is InChI=1S/C16H27NO3/c1-16(2,11-15(19)20)10-14(18)17-9-5-7-12-6-3-4-8-13(12)17/h12-13H,3-11H2,1-2H3,(H,19,20)/t12-,13-/m1/s1. The molecule has 0 radical (unpaired) electrons. The van der Waals surface area contributed by atoms with Crippen molar-refractivity contribution >= 4 is 11.9 Å². The number of carbonyl (C=O) groups is 2. The van der Waals surface area contributed by atoms with Crippen LogP contribution in [0.5, 0.6) is 0 Å². The minimum atomic E-state index is -0.822. The smallest absolute Gasteiger partial charge is 0.303 e. The van der Waals surface area contributed by atoms with Gasteiger partial charge in [0, 0.05) is 19.0 Å². The van der Waals surface area contributed by atoms with Gasteiger partial charge in [-0.15, -0.1) is 0 Å². The van der Waals surface area contributed by atoms with Crippen LogP contribution in [-0.4, -0.2) is 34.5 Å². The maximum absolute atomic E-state index is 12.6. The number of piperidine rings is 1. The Bertz CT molecular complexity index is 376. The summed E-state index contributed by atoms with van der Waals surface area (Å²) >= 11 is 0. The van der Waals surface area contributed by atoms with E-state index in [0.29, 0.717) is 18.4 Å². The van der Waals surface area contributed by atoms with E-state index in [-0.39, 0.29) is 12.3 Å². The lowest BCUT2D eigenvalue weighted by Crippen LogP contribution is -2.50. The maximum Gasteiger partial charge on any atom is 0.303 e. The Morgan fingerprint density at radius 2 is 1.75 bits per heavy atom. The van der Waals surface area contributed by atoms with Crippen molar-refractivity contribution in [1.82, 2.24) is 4.90 Å². The Labute approximate surface area is 121 Å². The fraction of sp³-hybridized carbons (Fsp3) is 0.875. The number of hydrogen-bond donors (Lipinski definition) is 1. The fourth-order valence-electron chi connectivity index (χ4n) is 3.92. The molecule has 4 heteroatoms. The topological polar surface area (TPSA) is 57.6 Å². The molecule has 0 aromatic rings. The molecule has 1 amide bonds. The van der Waals surface area contributed by atoms with Gasteiger partial charge in [0.25, 0.3) is 0 Å². The van der Waals surface area contributed by atoms with Gasteiger partial charge < -0.3 is 10.0 Å². The highest BCUT2D eigenvalue weighted by molar-refractivity contribution is 5.78. The number of fused-ring (bicyclic) bond motifs is 1. The molecule has 1 N–H and O–H groups in total. The zero-order chi connectivity index (χ0) is 14.8. The van der Waals surface area contributed by atoms with Gasteiger partial charge >= 0.3 is 5.97 Å². The lowest BCUT2D eigenvalue weighted by molar-refractivity contribution is -0.143. The number of rotatable bonds is 4. The summed E-state index contributed by atoms with van der Waals surface area (Å²) in [6.07, 6.45) is 7.68. The van der Waals surface area contributed by atoms with E-state index in [4.69, 9.17) is 5.11 Å². The Morgan fingerprint density at radius 3 is 2.45 bits per heavy atom. The first-order chi connectivity index (χ1) is 9.39. The van der Waals surface area contributed by atoms with Gasteiger partial charge in [0.15, 0.2) is 0 Å². The van der Waals surface area contributed by atoms with Crippen LogP contribution in [0.25, 0.3) is 0 Å². The number of carboxylic acids is 1. The summed E-state index contributed by atoms with van der Waals surface area (Å²) in [5.74, 6) is 0.0221. The monoisotopic (exact) mass is 281 g/mol. The van der Waals surface area contributed by atoms with Gasteiger partial charge in [0.05, 0.1) is 6.42 Å². The van der Waals surface area contributed by atoms with Crippen molar-refractivity contribution in [3.63, 3.8) is 0 Å². The molecule has 1 heterocycles.